The summed E-state index contributed by atoms with van der Waals surface area (Å²) in [7, 11) is 1.48. The molecule has 1 aromatic rings. The number of rotatable bonds is 2. The third-order valence-electron chi connectivity index (χ3n) is 1.62. The van der Waals surface area contributed by atoms with Crippen LogP contribution >= 0.6 is 12.8 Å². The normalized spacial score (nSPS) is 9.47. The van der Waals surface area contributed by atoms with Crippen molar-refractivity contribution < 1.29 is 9.72 Å². The molecule has 0 unspecified atom stereocenters. The highest BCUT2D eigenvalue weighted by molar-refractivity contribution is 7.78. The zero-order chi connectivity index (χ0) is 11.4. The summed E-state index contributed by atoms with van der Waals surface area (Å²) in [4.78, 5) is 21.0. The van der Waals surface area contributed by atoms with E-state index in [0.29, 0.717) is 5.69 Å². The predicted molar refractivity (Wildman–Crippen MR) is 58.9 cm³/mol. The lowest BCUT2D eigenvalue weighted by molar-refractivity contribution is -0.384. The number of nitrogens with zero attached hydrogens (tertiary/aromatic N) is 2. The third kappa shape index (κ3) is 3.13. The molecule has 0 bridgehead atoms. The van der Waals surface area contributed by atoms with E-state index in [9.17, 15) is 14.9 Å². The molecule has 1 aromatic carbocycles. The average Bonchev–Trinajstić information content (AvgIpc) is 2.18. The van der Waals surface area contributed by atoms with Crippen LogP contribution < -0.4 is 5.32 Å². The van der Waals surface area contributed by atoms with E-state index in [1.165, 1.54) is 31.3 Å². The molecule has 15 heavy (non-hydrogen) atoms. The number of thiol groups is 1. The summed E-state index contributed by atoms with van der Waals surface area (Å²) in [5, 5.41) is 12.8. The van der Waals surface area contributed by atoms with Gasteiger partial charge in [0.05, 0.1) is 4.92 Å². The molecule has 0 heterocycles. The van der Waals surface area contributed by atoms with Crippen LogP contribution in [0.25, 0.3) is 0 Å². The first-order chi connectivity index (χ1) is 7.00. The molecular formula is C8H9N3O3S. The zero-order valence-corrected chi connectivity index (χ0v) is 8.77. The van der Waals surface area contributed by atoms with E-state index in [0.717, 1.165) is 4.31 Å². The van der Waals surface area contributed by atoms with Gasteiger partial charge >= 0.3 is 6.03 Å². The van der Waals surface area contributed by atoms with Gasteiger partial charge in [-0.15, -0.1) is 0 Å². The lowest BCUT2D eigenvalue weighted by Crippen LogP contribution is -2.23. The van der Waals surface area contributed by atoms with E-state index in [1.54, 1.807) is 0 Å². The molecule has 0 atom stereocenters. The van der Waals surface area contributed by atoms with Gasteiger partial charge in [0.1, 0.15) is 0 Å². The fourth-order valence-electron chi connectivity index (χ4n) is 0.871. The maximum Gasteiger partial charge on any atom is 0.331 e. The Labute approximate surface area is 91.6 Å². The van der Waals surface area contributed by atoms with Crippen molar-refractivity contribution in [3.8, 4) is 0 Å². The molecule has 0 fully saturated rings. The molecule has 0 aliphatic carbocycles. The molecule has 0 aliphatic heterocycles. The van der Waals surface area contributed by atoms with Crippen molar-refractivity contribution in [1.82, 2.24) is 4.31 Å². The number of amides is 2. The van der Waals surface area contributed by atoms with Gasteiger partial charge in [-0.1, -0.05) is 12.8 Å². The molecule has 6 nitrogen and oxygen atoms in total. The first kappa shape index (κ1) is 11.3. The summed E-state index contributed by atoms with van der Waals surface area (Å²) in [6.45, 7) is 0. The fourth-order valence-corrected chi connectivity index (χ4v) is 0.921. The second kappa shape index (κ2) is 4.65. The molecule has 0 aromatic heterocycles. The number of non-ortho nitro benzene ring substituents is 1. The molecule has 1 rings (SSSR count). The summed E-state index contributed by atoms with van der Waals surface area (Å²) >= 11 is 3.79. The van der Waals surface area contributed by atoms with Gasteiger partial charge in [0.25, 0.3) is 5.69 Å². The van der Waals surface area contributed by atoms with Crippen molar-refractivity contribution in [3.63, 3.8) is 0 Å². The van der Waals surface area contributed by atoms with Crippen LogP contribution in [-0.2, 0) is 0 Å². The molecule has 7 heteroatoms. The van der Waals surface area contributed by atoms with Crippen molar-refractivity contribution in [1.29, 1.82) is 0 Å². The first-order valence-electron chi connectivity index (χ1n) is 3.99. The lowest BCUT2D eigenvalue weighted by atomic mass is 10.3. The number of anilines is 1. The zero-order valence-electron chi connectivity index (χ0n) is 7.88. The van der Waals surface area contributed by atoms with Gasteiger partial charge in [-0.3, -0.25) is 14.4 Å². The van der Waals surface area contributed by atoms with Crippen LogP contribution in [0.1, 0.15) is 0 Å². The van der Waals surface area contributed by atoms with Crippen LogP contribution in [0.15, 0.2) is 24.3 Å². The Hall–Kier alpha value is -1.76. The molecular weight excluding hydrogens is 218 g/mol. The Morgan fingerprint density at radius 3 is 2.40 bits per heavy atom. The Morgan fingerprint density at radius 1 is 1.47 bits per heavy atom. The van der Waals surface area contributed by atoms with E-state index < -0.39 is 11.0 Å². The van der Waals surface area contributed by atoms with Crippen LogP contribution in [0.3, 0.4) is 0 Å². The number of nitro groups is 1. The third-order valence-corrected chi connectivity index (χ3v) is 1.80. The highest BCUT2D eigenvalue weighted by Gasteiger charge is 2.07. The van der Waals surface area contributed by atoms with Crippen LogP contribution in [0.4, 0.5) is 16.2 Å². The van der Waals surface area contributed by atoms with Crippen molar-refractivity contribution >= 4 is 30.2 Å². The molecule has 80 valence electrons. The van der Waals surface area contributed by atoms with Crippen molar-refractivity contribution in [2.75, 3.05) is 12.4 Å². The van der Waals surface area contributed by atoms with E-state index in [-0.39, 0.29) is 5.69 Å². The Bertz CT molecular complexity index is 377. The minimum Gasteiger partial charge on any atom is -0.307 e. The maximum atomic E-state index is 11.1. The Morgan fingerprint density at radius 2 is 2.00 bits per heavy atom. The van der Waals surface area contributed by atoms with Crippen molar-refractivity contribution in [3.05, 3.63) is 34.4 Å². The predicted octanol–water partition coefficient (Wildman–Crippen LogP) is 1.90. The minimum absolute atomic E-state index is 0.0211. The van der Waals surface area contributed by atoms with Crippen LogP contribution in [0.2, 0.25) is 0 Å². The second-order valence-corrected chi connectivity index (χ2v) is 3.36. The van der Waals surface area contributed by atoms with E-state index in [2.05, 4.69) is 18.1 Å². The Balaban J connectivity index is 2.73. The van der Waals surface area contributed by atoms with E-state index >= 15 is 0 Å². The van der Waals surface area contributed by atoms with Crippen molar-refractivity contribution in [2.45, 2.75) is 0 Å². The molecule has 0 saturated heterocycles. The van der Waals surface area contributed by atoms with Crippen LogP contribution in [0.5, 0.6) is 0 Å². The monoisotopic (exact) mass is 227 g/mol. The highest BCUT2D eigenvalue weighted by atomic mass is 32.1. The smallest absolute Gasteiger partial charge is 0.307 e. The number of carbonyl (C=O) groups excluding carboxylic acids is 1. The van der Waals surface area contributed by atoms with Gasteiger partial charge in [0.15, 0.2) is 0 Å². The molecule has 1 N–H and O–H groups in total. The van der Waals surface area contributed by atoms with Gasteiger partial charge in [-0.25, -0.2) is 4.79 Å². The molecule has 2 amide bonds. The summed E-state index contributed by atoms with van der Waals surface area (Å²) in [6.07, 6.45) is 0. The standard InChI is InChI=1S/C8H9N3O3S/c1-10(15)8(12)9-6-2-4-7(5-3-6)11(13)14/h2-5,15H,1H3,(H,9,12). The van der Waals surface area contributed by atoms with Crippen LogP contribution in [-0.4, -0.2) is 22.3 Å². The lowest BCUT2D eigenvalue weighted by Gasteiger charge is -2.10. The van der Waals surface area contributed by atoms with Gasteiger partial charge in [-0.2, -0.15) is 0 Å². The number of carbonyl (C=O) groups is 1. The number of benzene rings is 1. The average molecular weight is 227 g/mol. The number of nitro benzene ring substituents is 1. The van der Waals surface area contributed by atoms with Gasteiger partial charge in [0, 0.05) is 24.9 Å². The van der Waals surface area contributed by atoms with E-state index in [4.69, 9.17) is 0 Å². The molecule has 0 spiro atoms. The number of hydrogen-bond donors (Lipinski definition) is 2. The van der Waals surface area contributed by atoms with Gasteiger partial charge in [-0.05, 0) is 12.1 Å². The maximum absolute atomic E-state index is 11.1. The summed E-state index contributed by atoms with van der Waals surface area (Å²) in [6, 6.07) is 5.12. The summed E-state index contributed by atoms with van der Waals surface area (Å²) < 4.78 is 1.07. The topological polar surface area (TPSA) is 75.5 Å². The van der Waals surface area contributed by atoms with Gasteiger partial charge < -0.3 is 5.32 Å². The number of nitrogens with one attached hydrogen (secondary N) is 1. The second-order valence-electron chi connectivity index (χ2n) is 2.76. The first-order valence-corrected chi connectivity index (χ1v) is 4.39. The fraction of sp³-hybridized carbons (Fsp3) is 0.125. The number of hydrogen-bond acceptors (Lipinski definition) is 4. The minimum atomic E-state index is -0.504. The molecule has 0 saturated carbocycles. The largest absolute Gasteiger partial charge is 0.331 e. The van der Waals surface area contributed by atoms with Crippen molar-refractivity contribution in [2.24, 2.45) is 0 Å². The summed E-state index contributed by atoms with van der Waals surface area (Å²) in [5.74, 6) is 0. The van der Waals surface area contributed by atoms with Crippen LogP contribution in [0, 0.1) is 10.1 Å². The summed E-state index contributed by atoms with van der Waals surface area (Å²) in [5.41, 5.74) is 0.457. The number of urea groups is 1. The molecule has 0 aliphatic rings. The SMILES string of the molecule is CN(S)C(=O)Nc1ccc([N+](=O)[O-])cc1. The Kier molecular flexibility index (Phi) is 3.51. The quantitative estimate of drug-likeness (QED) is 0.460. The molecule has 0 radical (unpaired) electrons. The highest BCUT2D eigenvalue weighted by Crippen LogP contribution is 2.15. The van der Waals surface area contributed by atoms with Gasteiger partial charge in [0.2, 0.25) is 0 Å². The van der Waals surface area contributed by atoms with E-state index in [1.807, 2.05) is 0 Å².